The van der Waals surface area contributed by atoms with E-state index in [0.29, 0.717) is 12.5 Å². The number of aliphatic hydroxyl groups is 1. The van der Waals surface area contributed by atoms with Gasteiger partial charge in [0.05, 0.1) is 6.61 Å². The summed E-state index contributed by atoms with van der Waals surface area (Å²) in [5.74, 6) is 0.446. The molecule has 0 saturated carbocycles. The molecule has 0 spiro atoms. The van der Waals surface area contributed by atoms with Crippen molar-refractivity contribution >= 4 is 18.3 Å². The van der Waals surface area contributed by atoms with Crippen LogP contribution in [0.3, 0.4) is 0 Å². The summed E-state index contributed by atoms with van der Waals surface area (Å²) in [4.78, 5) is 4.73. The average molecular weight is 213 g/mol. The van der Waals surface area contributed by atoms with E-state index in [1.54, 1.807) is 6.92 Å². The third-order valence-electron chi connectivity index (χ3n) is 1.09. The number of hydrogen-bond acceptors (Lipinski definition) is 5. The SMILES string of the molecule is CCOC(C)=NOC[C@@H](O)CN.Cl. The molecular weight excluding hydrogens is 196 g/mol. The van der Waals surface area contributed by atoms with Crippen LogP contribution in [-0.4, -0.2) is 36.9 Å². The normalized spacial score (nSPS) is 13.1. The quantitative estimate of drug-likeness (QED) is 0.386. The summed E-state index contributed by atoms with van der Waals surface area (Å²) in [5.41, 5.74) is 5.14. The number of nitrogens with two attached hydrogens (primary N) is 1. The van der Waals surface area contributed by atoms with Crippen molar-refractivity contribution in [3.05, 3.63) is 0 Å². The molecule has 0 aromatic rings. The van der Waals surface area contributed by atoms with Crippen molar-refractivity contribution in [1.29, 1.82) is 0 Å². The first-order valence-corrected chi connectivity index (χ1v) is 3.88. The Morgan fingerprint density at radius 1 is 1.62 bits per heavy atom. The van der Waals surface area contributed by atoms with Gasteiger partial charge in [-0.2, -0.15) is 0 Å². The van der Waals surface area contributed by atoms with Crippen LogP contribution in [0.25, 0.3) is 0 Å². The minimum Gasteiger partial charge on any atom is -0.479 e. The second-order valence-electron chi connectivity index (χ2n) is 2.23. The molecule has 0 bridgehead atoms. The van der Waals surface area contributed by atoms with Crippen LogP contribution in [0.1, 0.15) is 13.8 Å². The van der Waals surface area contributed by atoms with Gasteiger partial charge in [0, 0.05) is 13.5 Å². The van der Waals surface area contributed by atoms with E-state index in [-0.39, 0.29) is 25.6 Å². The van der Waals surface area contributed by atoms with E-state index >= 15 is 0 Å². The van der Waals surface area contributed by atoms with E-state index < -0.39 is 6.10 Å². The van der Waals surface area contributed by atoms with Crippen molar-refractivity contribution in [3.63, 3.8) is 0 Å². The lowest BCUT2D eigenvalue weighted by Crippen LogP contribution is -2.24. The van der Waals surface area contributed by atoms with Gasteiger partial charge in [0.15, 0.2) is 0 Å². The maximum Gasteiger partial charge on any atom is 0.222 e. The predicted octanol–water partition coefficient (Wildman–Crippen LogP) is 0.114. The van der Waals surface area contributed by atoms with Gasteiger partial charge in [-0.3, -0.25) is 0 Å². The van der Waals surface area contributed by atoms with Gasteiger partial charge in [-0.15, -0.1) is 12.4 Å². The van der Waals surface area contributed by atoms with Crippen LogP contribution in [0, 0.1) is 0 Å². The summed E-state index contributed by atoms with van der Waals surface area (Å²) >= 11 is 0. The zero-order valence-electron chi connectivity index (χ0n) is 7.90. The van der Waals surface area contributed by atoms with E-state index in [1.807, 2.05) is 6.92 Å². The minimum absolute atomic E-state index is 0. The lowest BCUT2D eigenvalue weighted by atomic mass is 10.4. The van der Waals surface area contributed by atoms with Gasteiger partial charge in [0.25, 0.3) is 0 Å². The molecule has 0 amide bonds. The zero-order chi connectivity index (χ0) is 9.40. The molecule has 0 saturated heterocycles. The van der Waals surface area contributed by atoms with Crippen molar-refractivity contribution in [2.45, 2.75) is 20.0 Å². The highest BCUT2D eigenvalue weighted by Crippen LogP contribution is 1.86. The Morgan fingerprint density at radius 2 is 2.23 bits per heavy atom. The predicted molar refractivity (Wildman–Crippen MR) is 53.0 cm³/mol. The van der Waals surface area contributed by atoms with E-state index in [9.17, 15) is 0 Å². The van der Waals surface area contributed by atoms with Crippen LogP contribution in [0.5, 0.6) is 0 Å². The fraction of sp³-hybridized carbons (Fsp3) is 0.857. The monoisotopic (exact) mass is 212 g/mol. The minimum atomic E-state index is -0.664. The summed E-state index contributed by atoms with van der Waals surface area (Å²) in [5, 5.41) is 12.5. The van der Waals surface area contributed by atoms with Gasteiger partial charge >= 0.3 is 0 Å². The second-order valence-corrected chi connectivity index (χ2v) is 2.23. The second kappa shape index (κ2) is 9.57. The van der Waals surface area contributed by atoms with Crippen molar-refractivity contribution in [2.24, 2.45) is 10.9 Å². The molecule has 1 atom stereocenters. The van der Waals surface area contributed by atoms with Gasteiger partial charge < -0.3 is 20.4 Å². The van der Waals surface area contributed by atoms with Gasteiger partial charge in [0.1, 0.15) is 12.7 Å². The lowest BCUT2D eigenvalue weighted by molar-refractivity contribution is 0.0409. The molecule has 0 rings (SSSR count). The molecule has 0 unspecified atom stereocenters. The summed E-state index contributed by atoms with van der Waals surface area (Å²) in [7, 11) is 0. The Labute approximate surface area is 84.3 Å². The van der Waals surface area contributed by atoms with Crippen molar-refractivity contribution in [3.8, 4) is 0 Å². The number of halogens is 1. The van der Waals surface area contributed by atoms with Crippen LogP contribution in [0.15, 0.2) is 5.16 Å². The molecule has 0 radical (unpaired) electrons. The molecule has 0 aliphatic rings. The number of ether oxygens (including phenoxy) is 1. The van der Waals surface area contributed by atoms with Crippen molar-refractivity contribution in [2.75, 3.05) is 19.8 Å². The summed E-state index contributed by atoms with van der Waals surface area (Å²) < 4.78 is 4.97. The molecular formula is C7H17ClN2O3. The Hall–Kier alpha value is -0.520. The van der Waals surface area contributed by atoms with E-state index in [4.69, 9.17) is 20.4 Å². The number of nitrogens with zero attached hydrogens (tertiary/aromatic N) is 1. The van der Waals surface area contributed by atoms with Crippen molar-refractivity contribution < 1.29 is 14.7 Å². The lowest BCUT2D eigenvalue weighted by Gasteiger charge is -2.06. The smallest absolute Gasteiger partial charge is 0.222 e. The molecule has 6 heteroatoms. The van der Waals surface area contributed by atoms with E-state index in [2.05, 4.69) is 5.16 Å². The molecule has 0 aromatic heterocycles. The first kappa shape index (κ1) is 15.0. The Balaban J connectivity index is 0. The molecule has 0 aliphatic carbocycles. The first-order valence-electron chi connectivity index (χ1n) is 3.88. The van der Waals surface area contributed by atoms with Crippen LogP contribution in [0.2, 0.25) is 0 Å². The summed E-state index contributed by atoms with van der Waals surface area (Å²) in [6.07, 6.45) is -0.664. The highest BCUT2D eigenvalue weighted by molar-refractivity contribution is 5.85. The largest absolute Gasteiger partial charge is 0.479 e. The fourth-order valence-corrected chi connectivity index (χ4v) is 0.517. The van der Waals surface area contributed by atoms with E-state index in [1.165, 1.54) is 0 Å². The van der Waals surface area contributed by atoms with Gasteiger partial charge in [0.2, 0.25) is 5.90 Å². The average Bonchev–Trinajstić information content (AvgIpc) is 2.04. The van der Waals surface area contributed by atoms with Gasteiger partial charge in [-0.25, -0.2) is 0 Å². The maximum absolute atomic E-state index is 8.94. The highest BCUT2D eigenvalue weighted by atomic mass is 35.5. The number of hydrogen-bond donors (Lipinski definition) is 2. The molecule has 0 heterocycles. The molecule has 3 N–H and O–H groups in total. The number of rotatable bonds is 5. The first-order chi connectivity index (χ1) is 5.70. The maximum atomic E-state index is 8.94. The van der Waals surface area contributed by atoms with Crippen LogP contribution in [0.4, 0.5) is 0 Å². The van der Waals surface area contributed by atoms with Crippen LogP contribution >= 0.6 is 12.4 Å². The Morgan fingerprint density at radius 3 is 2.69 bits per heavy atom. The molecule has 5 nitrogen and oxygen atoms in total. The summed E-state index contributed by atoms with van der Waals surface area (Å²) in [6.45, 7) is 4.36. The zero-order valence-corrected chi connectivity index (χ0v) is 8.71. The Bertz CT molecular complexity index is 144. The summed E-state index contributed by atoms with van der Waals surface area (Å²) in [6, 6.07) is 0. The molecule has 13 heavy (non-hydrogen) atoms. The Kier molecular flexibility index (Phi) is 11.0. The van der Waals surface area contributed by atoms with Gasteiger partial charge in [-0.05, 0) is 6.92 Å². The number of oxime groups is 1. The third-order valence-corrected chi connectivity index (χ3v) is 1.09. The van der Waals surface area contributed by atoms with Crippen LogP contribution < -0.4 is 5.73 Å². The van der Waals surface area contributed by atoms with Crippen LogP contribution in [-0.2, 0) is 9.57 Å². The topological polar surface area (TPSA) is 77.1 Å². The standard InChI is InChI=1S/C7H16N2O3.ClH/c1-3-11-6(2)9-12-5-7(10)4-8;/h7,10H,3-5,8H2,1-2H3;1H/t7-;/m0./s1. The highest BCUT2D eigenvalue weighted by Gasteiger charge is 1.99. The molecule has 0 fully saturated rings. The third kappa shape index (κ3) is 9.39. The number of aliphatic hydroxyl groups excluding tert-OH is 1. The molecule has 0 aromatic carbocycles. The molecule has 0 aliphatic heterocycles. The molecule has 80 valence electrons. The van der Waals surface area contributed by atoms with E-state index in [0.717, 1.165) is 0 Å². The van der Waals surface area contributed by atoms with Gasteiger partial charge in [-0.1, -0.05) is 5.16 Å². The van der Waals surface area contributed by atoms with Crippen molar-refractivity contribution in [1.82, 2.24) is 0 Å². The fourth-order valence-electron chi connectivity index (χ4n) is 0.517.